The zero-order valence-electron chi connectivity index (χ0n) is 7.71. The maximum atomic E-state index is 11.3. The van der Waals surface area contributed by atoms with Crippen LogP contribution >= 0.6 is 0 Å². The van der Waals surface area contributed by atoms with Crippen molar-refractivity contribution >= 4 is 5.78 Å². The molecule has 0 aliphatic carbocycles. The van der Waals surface area contributed by atoms with Gasteiger partial charge < -0.3 is 0 Å². The average molecular weight is 187 g/mol. The quantitative estimate of drug-likeness (QED) is 0.669. The largest absolute Gasteiger partial charge is 0.294 e. The SMILES string of the molecule is CC(=O)c1ccccc1-n1ccnn1. The molecule has 70 valence electrons. The predicted molar refractivity (Wildman–Crippen MR) is 51.4 cm³/mol. The topological polar surface area (TPSA) is 47.8 Å². The van der Waals surface area contributed by atoms with Crippen molar-refractivity contribution in [1.82, 2.24) is 15.0 Å². The van der Waals surface area contributed by atoms with Crippen LogP contribution in [0.4, 0.5) is 0 Å². The van der Waals surface area contributed by atoms with Gasteiger partial charge in [-0.2, -0.15) is 0 Å². The van der Waals surface area contributed by atoms with Crippen molar-refractivity contribution in [3.63, 3.8) is 0 Å². The van der Waals surface area contributed by atoms with Gasteiger partial charge in [0, 0.05) is 5.56 Å². The van der Waals surface area contributed by atoms with E-state index in [4.69, 9.17) is 0 Å². The second-order valence-electron chi connectivity index (χ2n) is 2.92. The van der Waals surface area contributed by atoms with Crippen molar-refractivity contribution in [2.45, 2.75) is 6.92 Å². The van der Waals surface area contributed by atoms with E-state index in [1.54, 1.807) is 23.1 Å². The zero-order chi connectivity index (χ0) is 9.97. The number of rotatable bonds is 2. The van der Waals surface area contributed by atoms with E-state index >= 15 is 0 Å². The number of para-hydroxylation sites is 1. The van der Waals surface area contributed by atoms with Gasteiger partial charge in [0.05, 0.1) is 18.1 Å². The van der Waals surface area contributed by atoms with Gasteiger partial charge >= 0.3 is 0 Å². The van der Waals surface area contributed by atoms with E-state index in [0.717, 1.165) is 5.69 Å². The molecule has 0 atom stereocenters. The Kier molecular flexibility index (Phi) is 2.10. The summed E-state index contributed by atoms with van der Waals surface area (Å²) in [5.41, 5.74) is 1.41. The molecule has 1 aromatic carbocycles. The average Bonchev–Trinajstić information content (AvgIpc) is 2.70. The van der Waals surface area contributed by atoms with Gasteiger partial charge in [-0.25, -0.2) is 4.68 Å². The molecule has 0 radical (unpaired) electrons. The Morgan fingerprint density at radius 3 is 2.79 bits per heavy atom. The number of hydrogen-bond acceptors (Lipinski definition) is 3. The van der Waals surface area contributed by atoms with Gasteiger partial charge in [0.15, 0.2) is 5.78 Å². The van der Waals surface area contributed by atoms with Crippen LogP contribution < -0.4 is 0 Å². The van der Waals surface area contributed by atoms with Gasteiger partial charge in [0.1, 0.15) is 0 Å². The van der Waals surface area contributed by atoms with E-state index in [-0.39, 0.29) is 5.78 Å². The molecule has 0 spiro atoms. The summed E-state index contributed by atoms with van der Waals surface area (Å²) < 4.78 is 1.58. The molecule has 2 aromatic rings. The Morgan fingerprint density at radius 1 is 1.36 bits per heavy atom. The van der Waals surface area contributed by atoms with E-state index in [1.165, 1.54) is 6.92 Å². The van der Waals surface area contributed by atoms with Crippen LogP contribution in [0.15, 0.2) is 36.7 Å². The minimum Gasteiger partial charge on any atom is -0.294 e. The van der Waals surface area contributed by atoms with Crippen LogP contribution in [0.2, 0.25) is 0 Å². The van der Waals surface area contributed by atoms with Gasteiger partial charge in [-0.1, -0.05) is 17.3 Å². The van der Waals surface area contributed by atoms with Crippen molar-refractivity contribution in [3.05, 3.63) is 42.2 Å². The van der Waals surface area contributed by atoms with E-state index < -0.39 is 0 Å². The number of aromatic nitrogens is 3. The fourth-order valence-electron chi connectivity index (χ4n) is 1.31. The number of carbonyl (C=O) groups excluding carboxylic acids is 1. The maximum Gasteiger partial charge on any atom is 0.161 e. The van der Waals surface area contributed by atoms with Gasteiger partial charge in [-0.3, -0.25) is 4.79 Å². The van der Waals surface area contributed by atoms with E-state index in [1.807, 2.05) is 18.2 Å². The molecule has 0 N–H and O–H groups in total. The van der Waals surface area contributed by atoms with E-state index in [0.29, 0.717) is 5.56 Å². The predicted octanol–water partition coefficient (Wildman–Crippen LogP) is 1.47. The molecule has 0 saturated carbocycles. The van der Waals surface area contributed by atoms with Crippen LogP contribution in [0.3, 0.4) is 0 Å². The molecule has 0 aliphatic rings. The molecule has 1 aromatic heterocycles. The highest BCUT2D eigenvalue weighted by Crippen LogP contribution is 2.12. The molecular formula is C10H9N3O. The highest BCUT2D eigenvalue weighted by Gasteiger charge is 2.07. The van der Waals surface area contributed by atoms with Gasteiger partial charge in [-0.05, 0) is 19.1 Å². The summed E-state index contributed by atoms with van der Waals surface area (Å²) in [5, 5.41) is 7.54. The number of hydrogen-bond donors (Lipinski definition) is 0. The van der Waals surface area contributed by atoms with Crippen LogP contribution in [-0.4, -0.2) is 20.8 Å². The van der Waals surface area contributed by atoms with E-state index in [9.17, 15) is 4.79 Å². The lowest BCUT2D eigenvalue weighted by Crippen LogP contribution is -2.03. The maximum absolute atomic E-state index is 11.3. The molecule has 2 rings (SSSR count). The standard InChI is InChI=1S/C10H9N3O/c1-8(14)9-4-2-3-5-10(9)13-7-6-11-12-13/h2-7H,1H3. The van der Waals surface area contributed by atoms with Crippen molar-refractivity contribution in [1.29, 1.82) is 0 Å². The summed E-state index contributed by atoms with van der Waals surface area (Å²) in [4.78, 5) is 11.3. The third kappa shape index (κ3) is 1.42. The minimum atomic E-state index is 0.0242. The Labute approximate surface area is 81.2 Å². The molecule has 14 heavy (non-hydrogen) atoms. The summed E-state index contributed by atoms with van der Waals surface area (Å²) >= 11 is 0. The first-order chi connectivity index (χ1) is 6.79. The van der Waals surface area contributed by atoms with Crippen molar-refractivity contribution in [3.8, 4) is 5.69 Å². The molecule has 0 bridgehead atoms. The summed E-state index contributed by atoms with van der Waals surface area (Å²) in [6.45, 7) is 1.54. The van der Waals surface area contributed by atoms with Crippen LogP contribution in [0.5, 0.6) is 0 Å². The summed E-state index contributed by atoms with van der Waals surface area (Å²) in [6, 6.07) is 7.31. The van der Waals surface area contributed by atoms with Crippen LogP contribution in [0.1, 0.15) is 17.3 Å². The first-order valence-corrected chi connectivity index (χ1v) is 4.25. The second kappa shape index (κ2) is 3.41. The third-order valence-corrected chi connectivity index (χ3v) is 1.95. The van der Waals surface area contributed by atoms with Crippen LogP contribution in [0.25, 0.3) is 5.69 Å². The fourth-order valence-corrected chi connectivity index (χ4v) is 1.31. The molecule has 4 heteroatoms. The highest BCUT2D eigenvalue weighted by molar-refractivity contribution is 5.97. The van der Waals surface area contributed by atoms with Gasteiger partial charge in [0.2, 0.25) is 0 Å². The number of Topliss-reactive ketones (excluding diaryl/α,β-unsaturated/α-hetero) is 1. The minimum absolute atomic E-state index is 0.0242. The third-order valence-electron chi connectivity index (χ3n) is 1.95. The van der Waals surface area contributed by atoms with Crippen molar-refractivity contribution < 1.29 is 4.79 Å². The smallest absolute Gasteiger partial charge is 0.161 e. The Morgan fingerprint density at radius 2 is 2.14 bits per heavy atom. The highest BCUT2D eigenvalue weighted by atomic mass is 16.1. The van der Waals surface area contributed by atoms with Gasteiger partial charge in [-0.15, -0.1) is 5.10 Å². The van der Waals surface area contributed by atoms with Crippen molar-refractivity contribution in [2.24, 2.45) is 0 Å². The molecule has 0 amide bonds. The zero-order valence-corrected chi connectivity index (χ0v) is 7.71. The lowest BCUT2D eigenvalue weighted by Gasteiger charge is -2.04. The molecule has 0 saturated heterocycles. The first kappa shape index (κ1) is 8.62. The number of ketones is 1. The number of carbonyl (C=O) groups is 1. The van der Waals surface area contributed by atoms with Crippen LogP contribution in [-0.2, 0) is 0 Å². The van der Waals surface area contributed by atoms with E-state index in [2.05, 4.69) is 10.3 Å². The Balaban J connectivity index is 2.58. The van der Waals surface area contributed by atoms with Crippen molar-refractivity contribution in [2.75, 3.05) is 0 Å². The molecule has 0 unspecified atom stereocenters. The first-order valence-electron chi connectivity index (χ1n) is 4.25. The Hall–Kier alpha value is -1.97. The lowest BCUT2D eigenvalue weighted by atomic mass is 10.1. The lowest BCUT2D eigenvalue weighted by molar-refractivity contribution is 0.101. The molecule has 0 aliphatic heterocycles. The Bertz CT molecular complexity index is 448. The normalized spacial score (nSPS) is 10.1. The monoisotopic (exact) mass is 187 g/mol. The molecule has 4 nitrogen and oxygen atoms in total. The second-order valence-corrected chi connectivity index (χ2v) is 2.92. The summed E-state index contributed by atoms with van der Waals surface area (Å²) in [6.07, 6.45) is 3.29. The van der Waals surface area contributed by atoms with Gasteiger partial charge in [0.25, 0.3) is 0 Å². The summed E-state index contributed by atoms with van der Waals surface area (Å²) in [5.74, 6) is 0.0242. The van der Waals surface area contributed by atoms with Crippen LogP contribution in [0, 0.1) is 0 Å². The fraction of sp³-hybridized carbons (Fsp3) is 0.100. The molecular weight excluding hydrogens is 178 g/mol. The molecule has 0 fully saturated rings. The summed E-state index contributed by atoms with van der Waals surface area (Å²) in [7, 11) is 0. The molecule has 1 heterocycles. The number of benzene rings is 1. The number of nitrogens with zero attached hydrogens (tertiary/aromatic N) is 3.